The van der Waals surface area contributed by atoms with Crippen LogP contribution in [0.3, 0.4) is 0 Å². The summed E-state index contributed by atoms with van der Waals surface area (Å²) in [7, 11) is 0. The number of carbonyl (C=O) groups is 3. The molecule has 3 aliphatic heterocycles. The summed E-state index contributed by atoms with van der Waals surface area (Å²) in [4.78, 5) is 43.9. The number of aliphatic hydroxyl groups excluding tert-OH is 1. The van der Waals surface area contributed by atoms with E-state index in [4.69, 9.17) is 14.6 Å². The van der Waals surface area contributed by atoms with Gasteiger partial charge in [-0.05, 0) is 39.5 Å². The monoisotopic (exact) mass is 462 g/mol. The maximum Gasteiger partial charge on any atom is 0.312 e. The number of amides is 2. The molecule has 0 aromatic carbocycles. The van der Waals surface area contributed by atoms with E-state index in [9.17, 15) is 14.4 Å². The number of unbranched alkanes of at least 4 members (excludes halogenated alkanes) is 3. The molecular weight excluding hydrogens is 424 g/mol. The van der Waals surface area contributed by atoms with Crippen molar-refractivity contribution < 1.29 is 29.0 Å². The predicted molar refractivity (Wildman–Crippen MR) is 123 cm³/mol. The van der Waals surface area contributed by atoms with Crippen LogP contribution in [0, 0.1) is 11.8 Å². The van der Waals surface area contributed by atoms with Gasteiger partial charge in [-0.25, -0.2) is 0 Å². The molecule has 8 heteroatoms. The first-order valence-electron chi connectivity index (χ1n) is 12.1. The molecule has 33 heavy (non-hydrogen) atoms. The minimum absolute atomic E-state index is 0.0700. The van der Waals surface area contributed by atoms with Gasteiger partial charge in [0, 0.05) is 25.7 Å². The number of rotatable bonds is 13. The fourth-order valence-electron chi connectivity index (χ4n) is 5.78. The van der Waals surface area contributed by atoms with Gasteiger partial charge in [-0.2, -0.15) is 0 Å². The van der Waals surface area contributed by atoms with Crippen LogP contribution in [0.25, 0.3) is 0 Å². The van der Waals surface area contributed by atoms with Crippen molar-refractivity contribution in [1.82, 2.24) is 9.80 Å². The molecule has 3 saturated heterocycles. The number of aliphatic hydroxyl groups is 1. The molecule has 0 saturated carbocycles. The van der Waals surface area contributed by atoms with E-state index in [1.165, 1.54) is 6.08 Å². The highest BCUT2D eigenvalue weighted by atomic mass is 16.6. The summed E-state index contributed by atoms with van der Waals surface area (Å²) >= 11 is 0. The van der Waals surface area contributed by atoms with Crippen LogP contribution >= 0.6 is 0 Å². The highest BCUT2D eigenvalue weighted by molar-refractivity contribution is 5.98. The van der Waals surface area contributed by atoms with E-state index in [0.29, 0.717) is 32.4 Å². The molecule has 3 aliphatic rings. The zero-order chi connectivity index (χ0) is 24.2. The molecule has 1 N–H and O–H groups in total. The van der Waals surface area contributed by atoms with Gasteiger partial charge in [0.2, 0.25) is 11.8 Å². The molecule has 5 atom stereocenters. The van der Waals surface area contributed by atoms with E-state index in [-0.39, 0.29) is 31.1 Å². The second-order valence-electron chi connectivity index (χ2n) is 9.52. The third-order valence-electron chi connectivity index (χ3n) is 7.19. The van der Waals surface area contributed by atoms with Crippen molar-refractivity contribution in [3.8, 4) is 0 Å². The number of hydrogen-bond donors (Lipinski definition) is 1. The van der Waals surface area contributed by atoms with E-state index >= 15 is 0 Å². The van der Waals surface area contributed by atoms with Gasteiger partial charge in [0.25, 0.3) is 0 Å². The summed E-state index contributed by atoms with van der Waals surface area (Å²) in [5, 5.41) is 9.03. The zero-order valence-electron chi connectivity index (χ0n) is 19.9. The third-order valence-corrected chi connectivity index (χ3v) is 7.19. The molecule has 8 nitrogen and oxygen atoms in total. The molecule has 3 heterocycles. The zero-order valence-corrected chi connectivity index (χ0v) is 19.9. The van der Waals surface area contributed by atoms with Gasteiger partial charge >= 0.3 is 5.97 Å². The number of hydrogen-bond acceptors (Lipinski definition) is 6. The van der Waals surface area contributed by atoms with Crippen LogP contribution in [0.4, 0.5) is 0 Å². The summed E-state index contributed by atoms with van der Waals surface area (Å²) < 4.78 is 11.7. The van der Waals surface area contributed by atoms with Crippen molar-refractivity contribution in [2.24, 2.45) is 11.8 Å². The number of fused-ring (bicyclic) bond motifs is 1. The second kappa shape index (κ2) is 10.8. The fraction of sp³-hybridized carbons (Fsp3) is 0.720. The predicted octanol–water partition coefficient (Wildman–Crippen LogP) is 2.07. The lowest BCUT2D eigenvalue weighted by atomic mass is 9.70. The summed E-state index contributed by atoms with van der Waals surface area (Å²) in [6.07, 6.45) is 7.09. The minimum Gasteiger partial charge on any atom is -0.461 e. The Labute approximate surface area is 196 Å². The number of likely N-dealkylation sites (tertiary alicyclic amines) is 1. The van der Waals surface area contributed by atoms with E-state index < -0.39 is 35.6 Å². The topological polar surface area (TPSA) is 96.4 Å². The van der Waals surface area contributed by atoms with Gasteiger partial charge in [0.1, 0.15) is 18.2 Å². The first kappa shape index (κ1) is 25.4. The van der Waals surface area contributed by atoms with Crippen LogP contribution in [0.15, 0.2) is 25.3 Å². The van der Waals surface area contributed by atoms with Crippen LogP contribution in [0.5, 0.6) is 0 Å². The molecule has 0 radical (unpaired) electrons. The van der Waals surface area contributed by atoms with E-state index in [2.05, 4.69) is 13.2 Å². The Hall–Kier alpha value is -2.19. The van der Waals surface area contributed by atoms with Gasteiger partial charge in [0.15, 0.2) is 0 Å². The number of nitrogens with zero attached hydrogens (tertiary/aromatic N) is 2. The summed E-state index contributed by atoms with van der Waals surface area (Å²) in [5.74, 6) is -2.22. The molecule has 184 valence electrons. The molecule has 0 aliphatic carbocycles. The molecule has 3 fully saturated rings. The largest absolute Gasteiger partial charge is 0.461 e. The Balaban J connectivity index is 1.92. The highest BCUT2D eigenvalue weighted by Gasteiger charge is 2.75. The average Bonchev–Trinajstić information content (AvgIpc) is 3.42. The summed E-state index contributed by atoms with van der Waals surface area (Å²) in [6, 6.07) is -0.836. The number of esters is 1. The Morgan fingerprint density at radius 1 is 1.27 bits per heavy atom. The maximum atomic E-state index is 13.9. The number of carbonyl (C=O) groups excluding carboxylic acids is 3. The lowest BCUT2D eigenvalue weighted by molar-refractivity contribution is -0.154. The molecule has 2 amide bonds. The van der Waals surface area contributed by atoms with Gasteiger partial charge < -0.3 is 24.4 Å². The maximum absolute atomic E-state index is 13.9. The molecule has 2 bridgehead atoms. The van der Waals surface area contributed by atoms with E-state index in [1.807, 2.05) is 13.8 Å². The lowest BCUT2D eigenvalue weighted by Crippen LogP contribution is -2.57. The standard InChI is InChI=1S/C25H38N2O6/c1-5-13-26(17(3)4)23(30)21-25-12-11-18(33-25)19(24(31)32-16-6-2)20(25)22(29)27(21)14-9-7-8-10-15-28/h5-6,17-21,28H,1-2,7-16H2,3-4H3/t18-,19+,20-,21?,25?/m0/s1. The van der Waals surface area contributed by atoms with Crippen LogP contribution in [-0.4, -0.2) is 82.8 Å². The SMILES string of the molecule is C=CCOC(=O)[C@@H]1[C@@H]2CCC3(O2)C(C(=O)N(CC=C)C(C)C)N(CCCCCCO)C(=O)[C@H]13. The number of ether oxygens (including phenoxy) is 2. The molecule has 1 spiro atoms. The van der Waals surface area contributed by atoms with E-state index in [1.54, 1.807) is 15.9 Å². The Bertz CT molecular complexity index is 768. The Kier molecular flexibility index (Phi) is 8.34. The first-order chi connectivity index (χ1) is 15.8. The smallest absolute Gasteiger partial charge is 0.312 e. The second-order valence-corrected chi connectivity index (χ2v) is 9.52. The highest BCUT2D eigenvalue weighted by Crippen LogP contribution is 2.58. The Morgan fingerprint density at radius 3 is 2.64 bits per heavy atom. The third kappa shape index (κ3) is 4.60. The quantitative estimate of drug-likeness (QED) is 0.256. The average molecular weight is 463 g/mol. The van der Waals surface area contributed by atoms with E-state index in [0.717, 1.165) is 19.3 Å². The van der Waals surface area contributed by atoms with Crippen LogP contribution in [0.2, 0.25) is 0 Å². The van der Waals surface area contributed by atoms with Crippen molar-refractivity contribution in [1.29, 1.82) is 0 Å². The van der Waals surface area contributed by atoms with Crippen LogP contribution in [-0.2, 0) is 23.9 Å². The summed E-state index contributed by atoms with van der Waals surface area (Å²) in [5.41, 5.74) is -1.00. The normalized spacial score (nSPS) is 29.9. The molecule has 0 aromatic rings. The van der Waals surface area contributed by atoms with Crippen molar-refractivity contribution in [2.75, 3.05) is 26.3 Å². The fourth-order valence-corrected chi connectivity index (χ4v) is 5.78. The van der Waals surface area contributed by atoms with Gasteiger partial charge in [0.05, 0.1) is 17.9 Å². The van der Waals surface area contributed by atoms with Crippen molar-refractivity contribution >= 4 is 17.8 Å². The van der Waals surface area contributed by atoms with Gasteiger partial charge in [-0.15, -0.1) is 6.58 Å². The molecule has 3 rings (SSSR count). The van der Waals surface area contributed by atoms with Crippen molar-refractivity contribution in [2.45, 2.75) is 76.2 Å². The van der Waals surface area contributed by atoms with Crippen LogP contribution < -0.4 is 0 Å². The minimum atomic E-state index is -1.00. The summed E-state index contributed by atoms with van der Waals surface area (Å²) in [6.45, 7) is 12.3. The molecular formula is C25H38N2O6. The first-order valence-corrected chi connectivity index (χ1v) is 12.1. The van der Waals surface area contributed by atoms with Crippen molar-refractivity contribution in [3.05, 3.63) is 25.3 Å². The van der Waals surface area contributed by atoms with Crippen LogP contribution in [0.1, 0.15) is 52.4 Å². The lowest BCUT2D eigenvalue weighted by Gasteiger charge is -2.38. The van der Waals surface area contributed by atoms with Gasteiger partial charge in [-0.3, -0.25) is 14.4 Å². The van der Waals surface area contributed by atoms with Gasteiger partial charge in [-0.1, -0.05) is 31.6 Å². The molecule has 2 unspecified atom stereocenters. The molecule has 0 aromatic heterocycles. The van der Waals surface area contributed by atoms with Crippen molar-refractivity contribution in [3.63, 3.8) is 0 Å². The Morgan fingerprint density at radius 2 is 2.00 bits per heavy atom.